The summed E-state index contributed by atoms with van der Waals surface area (Å²) in [5.74, 6) is 0.738. The molecule has 2 heterocycles. The molecular weight excluding hydrogens is 494 g/mol. The van der Waals surface area contributed by atoms with Crippen LogP contribution in [0, 0.1) is 11.8 Å². The van der Waals surface area contributed by atoms with E-state index in [9.17, 15) is 13.2 Å². The van der Waals surface area contributed by atoms with Crippen molar-refractivity contribution in [1.29, 1.82) is 0 Å². The molecule has 190 valence electrons. The van der Waals surface area contributed by atoms with Crippen LogP contribution >= 0.6 is 11.3 Å². The van der Waals surface area contributed by atoms with E-state index in [4.69, 9.17) is 4.42 Å². The topological polar surface area (TPSA) is 83.7 Å². The number of fused-ring (bicyclic) bond motifs is 1. The summed E-state index contributed by atoms with van der Waals surface area (Å²) >= 11 is 1.42. The van der Waals surface area contributed by atoms with E-state index in [0.29, 0.717) is 29.5 Å². The fourth-order valence-corrected chi connectivity index (χ4v) is 6.65. The number of amides is 1. The molecule has 2 aromatic carbocycles. The lowest BCUT2D eigenvalue weighted by Crippen LogP contribution is -2.37. The van der Waals surface area contributed by atoms with Gasteiger partial charge < -0.3 is 4.42 Å². The number of carbonyl (C=O) groups is 1. The van der Waals surface area contributed by atoms with Crippen molar-refractivity contribution in [3.8, 4) is 0 Å². The molecule has 9 heteroatoms. The zero-order valence-electron chi connectivity index (χ0n) is 20.9. The number of para-hydroxylation sites is 1. The standard InChI is InChI=1S/C27H31N3O4S2/c1-19(2)16-29(17-20(3)4)36(32,33)23-13-11-21(12-14-23)26(31)30(18-22-8-7-15-34-22)27-28-24-9-5-6-10-25(24)35-27/h5-15,19-20H,16-18H2,1-4H3. The molecule has 2 aromatic heterocycles. The Kier molecular flexibility index (Phi) is 7.92. The monoisotopic (exact) mass is 525 g/mol. The van der Waals surface area contributed by atoms with E-state index in [1.807, 2.05) is 52.0 Å². The molecule has 0 fully saturated rings. The van der Waals surface area contributed by atoms with E-state index in [1.165, 1.54) is 27.8 Å². The molecule has 7 nitrogen and oxygen atoms in total. The number of rotatable bonds is 10. The van der Waals surface area contributed by atoms with E-state index >= 15 is 0 Å². The van der Waals surface area contributed by atoms with Gasteiger partial charge in [0.25, 0.3) is 5.91 Å². The number of hydrogen-bond acceptors (Lipinski definition) is 6. The fourth-order valence-electron chi connectivity index (χ4n) is 3.92. The summed E-state index contributed by atoms with van der Waals surface area (Å²) in [6, 6.07) is 17.5. The Morgan fingerprint density at radius 1 is 0.944 bits per heavy atom. The highest BCUT2D eigenvalue weighted by Crippen LogP contribution is 2.31. The third-order valence-corrected chi connectivity index (χ3v) is 8.43. The Balaban J connectivity index is 1.64. The number of sulfonamides is 1. The van der Waals surface area contributed by atoms with Crippen molar-refractivity contribution < 1.29 is 17.6 Å². The largest absolute Gasteiger partial charge is 0.467 e. The Bertz CT molecular complexity index is 1370. The van der Waals surface area contributed by atoms with Gasteiger partial charge in [0.1, 0.15) is 5.76 Å². The average molecular weight is 526 g/mol. The molecule has 1 amide bonds. The van der Waals surface area contributed by atoms with Crippen LogP contribution in [0.4, 0.5) is 5.13 Å². The lowest BCUT2D eigenvalue weighted by Gasteiger charge is -2.25. The van der Waals surface area contributed by atoms with Crippen molar-refractivity contribution in [2.45, 2.75) is 39.1 Å². The van der Waals surface area contributed by atoms with Crippen LogP contribution in [0.15, 0.2) is 76.2 Å². The van der Waals surface area contributed by atoms with Crippen LogP contribution in [0.1, 0.15) is 43.8 Å². The smallest absolute Gasteiger partial charge is 0.260 e. The first-order chi connectivity index (χ1) is 17.1. The van der Waals surface area contributed by atoms with Crippen molar-refractivity contribution in [3.05, 3.63) is 78.3 Å². The van der Waals surface area contributed by atoms with E-state index in [2.05, 4.69) is 4.98 Å². The minimum atomic E-state index is -3.68. The van der Waals surface area contributed by atoms with Crippen LogP contribution in [0.25, 0.3) is 10.2 Å². The van der Waals surface area contributed by atoms with Gasteiger partial charge in [0.2, 0.25) is 10.0 Å². The number of anilines is 1. The number of thiazole rings is 1. The Morgan fingerprint density at radius 3 is 2.19 bits per heavy atom. The van der Waals surface area contributed by atoms with Gasteiger partial charge in [0.05, 0.1) is 27.9 Å². The Hall–Kier alpha value is -3.01. The van der Waals surface area contributed by atoms with Gasteiger partial charge in [-0.05, 0) is 60.4 Å². The summed E-state index contributed by atoms with van der Waals surface area (Å²) in [5, 5.41) is 0.550. The Labute approximate surface area is 216 Å². The highest BCUT2D eigenvalue weighted by atomic mass is 32.2. The number of benzene rings is 2. The second-order valence-electron chi connectivity index (χ2n) is 9.57. The molecule has 36 heavy (non-hydrogen) atoms. The molecule has 0 bridgehead atoms. The molecule has 0 aliphatic carbocycles. The molecule has 0 unspecified atom stereocenters. The third kappa shape index (κ3) is 5.86. The van der Waals surface area contributed by atoms with Crippen LogP contribution in [-0.4, -0.2) is 36.7 Å². The maximum atomic E-state index is 13.6. The number of furan rings is 1. The molecule has 0 radical (unpaired) electrons. The van der Waals surface area contributed by atoms with Crippen molar-refractivity contribution in [2.75, 3.05) is 18.0 Å². The zero-order chi connectivity index (χ0) is 25.9. The first-order valence-electron chi connectivity index (χ1n) is 11.9. The van der Waals surface area contributed by atoms with Gasteiger partial charge in [0.15, 0.2) is 5.13 Å². The van der Waals surface area contributed by atoms with Crippen molar-refractivity contribution >= 4 is 42.6 Å². The first kappa shape index (κ1) is 26.1. The predicted molar refractivity (Wildman–Crippen MR) is 144 cm³/mol. The van der Waals surface area contributed by atoms with E-state index < -0.39 is 10.0 Å². The van der Waals surface area contributed by atoms with E-state index in [0.717, 1.165) is 10.2 Å². The summed E-state index contributed by atoms with van der Waals surface area (Å²) in [5.41, 5.74) is 1.19. The fraction of sp³-hybridized carbons (Fsp3) is 0.333. The maximum Gasteiger partial charge on any atom is 0.260 e. The molecule has 0 aliphatic heterocycles. The van der Waals surface area contributed by atoms with Gasteiger partial charge in [-0.2, -0.15) is 4.31 Å². The first-order valence-corrected chi connectivity index (χ1v) is 14.2. The lowest BCUT2D eigenvalue weighted by atomic mass is 10.2. The van der Waals surface area contributed by atoms with E-state index in [-0.39, 0.29) is 29.2 Å². The molecule has 0 saturated heterocycles. The number of aromatic nitrogens is 1. The predicted octanol–water partition coefficient (Wildman–Crippen LogP) is 6.04. The van der Waals surface area contributed by atoms with Crippen LogP contribution in [0.2, 0.25) is 0 Å². The quantitative estimate of drug-likeness (QED) is 0.252. The molecular formula is C27H31N3O4S2. The SMILES string of the molecule is CC(C)CN(CC(C)C)S(=O)(=O)c1ccc(C(=O)N(Cc2ccco2)c2nc3ccccc3s2)cc1. The van der Waals surface area contributed by atoms with Gasteiger partial charge in [-0.25, -0.2) is 13.4 Å². The van der Waals surface area contributed by atoms with Crippen molar-refractivity contribution in [2.24, 2.45) is 11.8 Å². The second kappa shape index (κ2) is 10.9. The number of hydrogen-bond donors (Lipinski definition) is 0. The van der Waals surface area contributed by atoms with Gasteiger partial charge in [-0.15, -0.1) is 0 Å². The van der Waals surface area contributed by atoms with Gasteiger partial charge in [-0.3, -0.25) is 9.69 Å². The molecule has 0 aliphatic rings. The van der Waals surface area contributed by atoms with Crippen molar-refractivity contribution in [3.63, 3.8) is 0 Å². The third-order valence-electron chi connectivity index (χ3n) is 5.53. The van der Waals surface area contributed by atoms with Crippen LogP contribution in [0.5, 0.6) is 0 Å². The van der Waals surface area contributed by atoms with E-state index in [1.54, 1.807) is 35.4 Å². The van der Waals surface area contributed by atoms with Gasteiger partial charge in [0, 0.05) is 18.7 Å². The van der Waals surface area contributed by atoms with Crippen LogP contribution in [-0.2, 0) is 16.6 Å². The van der Waals surface area contributed by atoms with Crippen molar-refractivity contribution in [1.82, 2.24) is 9.29 Å². The molecule has 0 N–H and O–H groups in total. The minimum absolute atomic E-state index is 0.179. The molecule has 4 aromatic rings. The number of carbonyl (C=O) groups excluding carboxylic acids is 1. The van der Waals surface area contributed by atoms with Gasteiger partial charge >= 0.3 is 0 Å². The normalized spacial score (nSPS) is 12.2. The molecule has 0 atom stereocenters. The summed E-state index contributed by atoms with van der Waals surface area (Å²) in [7, 11) is -3.68. The minimum Gasteiger partial charge on any atom is -0.467 e. The summed E-state index contributed by atoms with van der Waals surface area (Å²) < 4.78 is 34.7. The van der Waals surface area contributed by atoms with Crippen LogP contribution < -0.4 is 4.90 Å². The Morgan fingerprint density at radius 2 is 1.61 bits per heavy atom. The highest BCUT2D eigenvalue weighted by molar-refractivity contribution is 7.89. The van der Waals surface area contributed by atoms with Crippen LogP contribution in [0.3, 0.4) is 0 Å². The number of nitrogens with zero attached hydrogens (tertiary/aromatic N) is 3. The maximum absolute atomic E-state index is 13.6. The van der Waals surface area contributed by atoms with Gasteiger partial charge in [-0.1, -0.05) is 51.2 Å². The summed E-state index contributed by atoms with van der Waals surface area (Å²) in [6.45, 7) is 9.09. The molecule has 0 saturated carbocycles. The summed E-state index contributed by atoms with van der Waals surface area (Å²) in [4.78, 5) is 20.0. The average Bonchev–Trinajstić information content (AvgIpc) is 3.51. The summed E-state index contributed by atoms with van der Waals surface area (Å²) in [6.07, 6.45) is 1.57. The lowest BCUT2D eigenvalue weighted by molar-refractivity contribution is 0.0983. The second-order valence-corrected chi connectivity index (χ2v) is 12.5. The highest BCUT2D eigenvalue weighted by Gasteiger charge is 2.27. The molecule has 4 rings (SSSR count). The zero-order valence-corrected chi connectivity index (χ0v) is 22.6. The molecule has 0 spiro atoms.